The summed E-state index contributed by atoms with van der Waals surface area (Å²) < 4.78 is 3.78. The summed E-state index contributed by atoms with van der Waals surface area (Å²) in [7, 11) is 5.83. The lowest BCUT2D eigenvalue weighted by molar-refractivity contribution is -0.142. The fourth-order valence-corrected chi connectivity index (χ4v) is 7.72. The fraction of sp³-hybridized carbons (Fsp3) is 0.523. The van der Waals surface area contributed by atoms with Gasteiger partial charge in [0, 0.05) is 56.2 Å². The zero-order valence-electron chi connectivity index (χ0n) is 34.7. The molecule has 304 valence electrons. The largest absolute Gasteiger partial charge is 0.481 e. The molecule has 3 N–H and O–H groups in total. The Bertz CT molecular complexity index is 1890. The van der Waals surface area contributed by atoms with Crippen LogP contribution in [0.2, 0.25) is 5.02 Å². The van der Waals surface area contributed by atoms with E-state index in [9.17, 15) is 14.4 Å². The lowest BCUT2D eigenvalue weighted by Gasteiger charge is -2.21. The van der Waals surface area contributed by atoms with E-state index in [1.807, 2.05) is 60.5 Å². The number of hydrogen-bond acceptors (Lipinski definition) is 6. The molecule has 6 rings (SSSR count). The predicted octanol–water partition coefficient (Wildman–Crippen LogP) is 9.64. The molecule has 11 nitrogen and oxygen atoms in total. The van der Waals surface area contributed by atoms with Gasteiger partial charge in [0.1, 0.15) is 0 Å². The van der Waals surface area contributed by atoms with Crippen molar-refractivity contribution in [2.75, 3.05) is 24.2 Å². The van der Waals surface area contributed by atoms with E-state index < -0.39 is 5.97 Å². The van der Waals surface area contributed by atoms with E-state index in [1.54, 1.807) is 6.07 Å². The number of nitrogens with one attached hydrogen (secondary N) is 2. The van der Waals surface area contributed by atoms with Crippen LogP contribution in [0.1, 0.15) is 135 Å². The Morgan fingerprint density at radius 2 is 1.43 bits per heavy atom. The van der Waals surface area contributed by atoms with Crippen LogP contribution < -0.4 is 10.6 Å². The standard InChI is InChI=1S/C32H38ClN7O2.C7H12O2.C5H12/c1-7-11-26-22(8-2)34-29(39(26)5)31(41)36-23-14-9-12-20(19(23)3)21-13-10-15-24(28(21)33)37-32(42)30-35-25-18-38(4)17-16-27(25)40(30)6;8-7(9)6-4-2-1-3-5-6;1-3-5-4-2/h9-10,12-15H,7-8,11,16-18H2,1-6H3,(H,36,41)(H,37,42);6H,1-5H2,(H,8,9);3-5H2,1-2H3. The highest BCUT2D eigenvalue weighted by Crippen LogP contribution is 2.38. The quantitative estimate of drug-likeness (QED) is 0.138. The monoisotopic (exact) mass is 787 g/mol. The number of nitrogens with zero attached hydrogens (tertiary/aromatic N) is 5. The Kier molecular flexibility index (Phi) is 16.7. The number of likely N-dealkylation sites (N-methyl/N-ethyl adjacent to an activating group) is 1. The molecule has 3 heterocycles. The molecule has 1 aliphatic carbocycles. The number of imidazole rings is 2. The molecule has 0 radical (unpaired) electrons. The molecule has 2 aromatic heterocycles. The average molecular weight is 788 g/mol. The molecule has 1 saturated carbocycles. The maximum absolute atomic E-state index is 13.3. The zero-order valence-corrected chi connectivity index (χ0v) is 35.5. The van der Waals surface area contributed by atoms with Crippen LogP contribution in [0.15, 0.2) is 36.4 Å². The molecule has 0 bridgehead atoms. The van der Waals surface area contributed by atoms with Crippen molar-refractivity contribution in [3.05, 3.63) is 81.4 Å². The molecular formula is C44H62ClN7O4. The Morgan fingerprint density at radius 3 is 2.00 bits per heavy atom. The SMILES string of the molecule is CCCCC.CCCc1c(CC)nc(C(=O)Nc2cccc(-c3cccc(NC(=O)c4nc5c(n4C)CCN(C)C5)c3Cl)c2C)n1C.O=C(O)C1CCCCC1. The number of anilines is 2. The maximum atomic E-state index is 13.3. The van der Waals surface area contributed by atoms with Gasteiger partial charge >= 0.3 is 5.97 Å². The smallest absolute Gasteiger partial charge is 0.306 e. The van der Waals surface area contributed by atoms with Crippen molar-refractivity contribution >= 4 is 40.8 Å². The van der Waals surface area contributed by atoms with Gasteiger partial charge in [-0.3, -0.25) is 14.4 Å². The van der Waals surface area contributed by atoms with Crippen LogP contribution in [-0.2, 0) is 44.7 Å². The van der Waals surface area contributed by atoms with Crippen molar-refractivity contribution in [2.45, 2.75) is 118 Å². The maximum Gasteiger partial charge on any atom is 0.306 e. The Hall–Kier alpha value is -4.48. The minimum atomic E-state index is -0.602. The van der Waals surface area contributed by atoms with Crippen molar-refractivity contribution in [1.82, 2.24) is 24.0 Å². The Balaban J connectivity index is 0.000000420. The van der Waals surface area contributed by atoms with Crippen molar-refractivity contribution < 1.29 is 19.5 Å². The number of hydrogen-bond donors (Lipinski definition) is 3. The molecule has 2 amide bonds. The molecule has 56 heavy (non-hydrogen) atoms. The highest BCUT2D eigenvalue weighted by molar-refractivity contribution is 6.36. The highest BCUT2D eigenvalue weighted by atomic mass is 35.5. The van der Waals surface area contributed by atoms with Gasteiger partial charge in [-0.1, -0.05) is 109 Å². The first kappa shape index (κ1) is 44.2. The van der Waals surface area contributed by atoms with Crippen LogP contribution in [-0.4, -0.2) is 60.5 Å². The minimum absolute atomic E-state index is 0.0289. The van der Waals surface area contributed by atoms with Gasteiger partial charge in [-0.05, 0) is 62.9 Å². The predicted molar refractivity (Wildman–Crippen MR) is 227 cm³/mol. The molecule has 4 aromatic rings. The van der Waals surface area contributed by atoms with Gasteiger partial charge in [-0.2, -0.15) is 0 Å². The van der Waals surface area contributed by atoms with Crippen LogP contribution in [0.4, 0.5) is 11.4 Å². The third-order valence-corrected chi connectivity index (χ3v) is 11.2. The van der Waals surface area contributed by atoms with Gasteiger partial charge in [-0.25, -0.2) is 9.97 Å². The third kappa shape index (κ3) is 10.9. The minimum Gasteiger partial charge on any atom is -0.481 e. The van der Waals surface area contributed by atoms with Crippen LogP contribution in [0.5, 0.6) is 0 Å². The third-order valence-electron chi connectivity index (χ3n) is 10.8. The van der Waals surface area contributed by atoms with Gasteiger partial charge in [0.15, 0.2) is 11.6 Å². The summed E-state index contributed by atoms with van der Waals surface area (Å²) >= 11 is 6.90. The number of unbranched alkanes of at least 4 members (excludes halogenated alkanes) is 2. The number of carboxylic acids is 1. The van der Waals surface area contributed by atoms with Crippen molar-refractivity contribution in [1.29, 1.82) is 0 Å². The van der Waals surface area contributed by atoms with Gasteiger partial charge in [0.25, 0.3) is 11.8 Å². The number of rotatable bonds is 11. The summed E-state index contributed by atoms with van der Waals surface area (Å²) in [5.41, 5.74) is 7.70. The summed E-state index contributed by atoms with van der Waals surface area (Å²) in [6.07, 6.45) is 12.8. The zero-order chi connectivity index (χ0) is 40.9. The lowest BCUT2D eigenvalue weighted by Crippen LogP contribution is -2.27. The van der Waals surface area contributed by atoms with E-state index in [4.69, 9.17) is 16.7 Å². The molecule has 1 aliphatic heterocycles. The summed E-state index contributed by atoms with van der Waals surface area (Å²) in [5, 5.41) is 15.0. The second kappa shape index (κ2) is 21.2. The molecular weight excluding hydrogens is 726 g/mol. The number of halogens is 1. The number of carbonyl (C=O) groups excluding carboxylic acids is 2. The number of carboxylic acid groups (broad SMARTS) is 1. The van der Waals surface area contributed by atoms with E-state index in [1.165, 1.54) is 25.7 Å². The van der Waals surface area contributed by atoms with E-state index in [2.05, 4.69) is 60.2 Å². The van der Waals surface area contributed by atoms with Crippen LogP contribution in [0.25, 0.3) is 11.1 Å². The molecule has 12 heteroatoms. The number of aromatic nitrogens is 4. The van der Waals surface area contributed by atoms with Crippen molar-refractivity contribution in [2.24, 2.45) is 20.0 Å². The summed E-state index contributed by atoms with van der Waals surface area (Å²) in [5.74, 6) is -0.444. The molecule has 1 fully saturated rings. The highest BCUT2D eigenvalue weighted by Gasteiger charge is 2.25. The second-order valence-corrected chi connectivity index (χ2v) is 15.3. The molecule has 2 aliphatic rings. The Labute approximate surface area is 338 Å². The topological polar surface area (TPSA) is 134 Å². The average Bonchev–Trinajstić information content (AvgIpc) is 3.69. The fourth-order valence-electron chi connectivity index (χ4n) is 7.44. The summed E-state index contributed by atoms with van der Waals surface area (Å²) in [4.78, 5) is 48.5. The molecule has 2 aromatic carbocycles. The first-order valence-corrected chi connectivity index (χ1v) is 20.8. The number of aliphatic carboxylic acids is 1. The number of amides is 2. The van der Waals surface area contributed by atoms with E-state index in [0.29, 0.717) is 28.0 Å². The van der Waals surface area contributed by atoms with E-state index in [0.717, 1.165) is 104 Å². The normalized spacial score (nSPS) is 14.2. The lowest BCUT2D eigenvalue weighted by atomic mass is 9.90. The summed E-state index contributed by atoms with van der Waals surface area (Å²) in [6, 6.07) is 11.2. The van der Waals surface area contributed by atoms with Crippen molar-refractivity contribution in [3.8, 4) is 11.1 Å². The molecule has 0 atom stereocenters. The summed E-state index contributed by atoms with van der Waals surface area (Å²) in [6.45, 7) is 12.2. The Morgan fingerprint density at radius 1 is 0.821 bits per heavy atom. The number of benzene rings is 2. The van der Waals surface area contributed by atoms with Gasteiger partial charge in [-0.15, -0.1) is 0 Å². The van der Waals surface area contributed by atoms with Gasteiger partial charge in [0.2, 0.25) is 0 Å². The molecule has 0 spiro atoms. The number of carbonyl (C=O) groups is 3. The number of aryl methyl sites for hydroxylation is 1. The first-order chi connectivity index (χ1) is 26.9. The van der Waals surface area contributed by atoms with Crippen LogP contribution in [0, 0.1) is 12.8 Å². The number of fused-ring (bicyclic) bond motifs is 1. The second-order valence-electron chi connectivity index (χ2n) is 14.9. The van der Waals surface area contributed by atoms with E-state index >= 15 is 0 Å². The van der Waals surface area contributed by atoms with Gasteiger partial charge in [0.05, 0.1) is 28.0 Å². The van der Waals surface area contributed by atoms with Crippen molar-refractivity contribution in [3.63, 3.8) is 0 Å². The first-order valence-electron chi connectivity index (χ1n) is 20.4. The van der Waals surface area contributed by atoms with Crippen LogP contribution >= 0.6 is 11.6 Å². The van der Waals surface area contributed by atoms with E-state index in [-0.39, 0.29) is 17.7 Å². The van der Waals surface area contributed by atoms with Crippen LogP contribution in [0.3, 0.4) is 0 Å². The molecule has 0 unspecified atom stereocenters. The van der Waals surface area contributed by atoms with Gasteiger partial charge < -0.3 is 29.8 Å². The molecule has 0 saturated heterocycles.